The monoisotopic (exact) mass is 209 g/mol. The lowest BCUT2D eigenvalue weighted by Crippen LogP contribution is -2.07. The Morgan fingerprint density at radius 2 is 2.18 bits per heavy atom. The molecule has 4 heteroatoms. The summed E-state index contributed by atoms with van der Waals surface area (Å²) in [7, 11) is 0. The summed E-state index contributed by atoms with van der Waals surface area (Å²) in [6, 6.07) is 0. The van der Waals surface area contributed by atoms with Crippen LogP contribution in [0.1, 0.15) is 5.01 Å². The van der Waals surface area contributed by atoms with Gasteiger partial charge in [0.2, 0.25) is 0 Å². The average Bonchev–Trinajstić information content (AvgIpc) is 2.52. The highest BCUT2D eigenvalue weighted by Crippen LogP contribution is 2.13. The summed E-state index contributed by atoms with van der Waals surface area (Å²) < 4.78 is 0. The predicted molar refractivity (Wildman–Crippen MR) is 50.7 cm³/mol. The number of alkyl halides is 2. The molecule has 0 N–H and O–H groups in total. The van der Waals surface area contributed by atoms with Crippen molar-refractivity contribution in [2.24, 2.45) is 5.92 Å². The Morgan fingerprint density at radius 1 is 1.45 bits per heavy atom. The standard InChI is InChI=1S/C7H9Cl2NS/c8-4-6(5-9)3-7-10-1-2-11-7/h1-2,6H,3-5H2. The van der Waals surface area contributed by atoms with Gasteiger partial charge in [-0.1, -0.05) is 0 Å². The van der Waals surface area contributed by atoms with Gasteiger partial charge in [-0.05, 0) is 5.92 Å². The van der Waals surface area contributed by atoms with Gasteiger partial charge in [0, 0.05) is 29.8 Å². The van der Waals surface area contributed by atoms with E-state index in [0.717, 1.165) is 11.4 Å². The van der Waals surface area contributed by atoms with E-state index in [1.54, 1.807) is 17.5 Å². The Morgan fingerprint density at radius 3 is 2.64 bits per heavy atom. The van der Waals surface area contributed by atoms with E-state index in [1.165, 1.54) is 0 Å². The van der Waals surface area contributed by atoms with Crippen molar-refractivity contribution in [3.8, 4) is 0 Å². The highest BCUT2D eigenvalue weighted by Gasteiger charge is 2.07. The molecule has 0 amide bonds. The summed E-state index contributed by atoms with van der Waals surface area (Å²) in [5.74, 6) is 1.59. The normalized spacial score (nSPS) is 10.8. The molecule has 11 heavy (non-hydrogen) atoms. The van der Waals surface area contributed by atoms with E-state index in [-0.39, 0.29) is 0 Å². The molecule has 0 aliphatic carbocycles. The summed E-state index contributed by atoms with van der Waals surface area (Å²) in [6.45, 7) is 0. The Bertz CT molecular complexity index is 184. The first-order chi connectivity index (χ1) is 5.36. The maximum atomic E-state index is 5.68. The van der Waals surface area contributed by atoms with E-state index in [2.05, 4.69) is 4.98 Å². The second-order valence-corrected chi connectivity index (χ2v) is 3.90. The number of hydrogen-bond acceptors (Lipinski definition) is 2. The van der Waals surface area contributed by atoms with Gasteiger partial charge in [0.25, 0.3) is 0 Å². The number of thiazole rings is 1. The van der Waals surface area contributed by atoms with E-state index in [9.17, 15) is 0 Å². The summed E-state index contributed by atoms with van der Waals surface area (Å²) in [6.07, 6.45) is 2.71. The molecule has 0 unspecified atom stereocenters. The van der Waals surface area contributed by atoms with Gasteiger partial charge in [0.1, 0.15) is 0 Å². The van der Waals surface area contributed by atoms with Gasteiger partial charge in [-0.2, -0.15) is 0 Å². The molecule has 1 aromatic heterocycles. The van der Waals surface area contributed by atoms with E-state index < -0.39 is 0 Å². The molecule has 0 aromatic carbocycles. The molecule has 0 saturated heterocycles. The third-order valence-electron chi connectivity index (χ3n) is 1.38. The van der Waals surface area contributed by atoms with Crippen LogP contribution in [-0.2, 0) is 6.42 Å². The van der Waals surface area contributed by atoms with Crippen molar-refractivity contribution in [3.63, 3.8) is 0 Å². The third kappa shape index (κ3) is 2.97. The first-order valence-corrected chi connectivity index (χ1v) is 5.32. The summed E-state index contributed by atoms with van der Waals surface area (Å²) in [4.78, 5) is 4.15. The second-order valence-electron chi connectivity index (χ2n) is 2.30. The van der Waals surface area contributed by atoms with Gasteiger partial charge in [-0.25, -0.2) is 4.98 Å². The predicted octanol–water partition coefficient (Wildman–Crippen LogP) is 2.78. The Hall–Kier alpha value is 0.210. The lowest BCUT2D eigenvalue weighted by Gasteiger charge is -2.05. The molecule has 1 nitrogen and oxygen atoms in total. The topological polar surface area (TPSA) is 12.9 Å². The van der Waals surface area contributed by atoms with E-state index in [4.69, 9.17) is 23.2 Å². The summed E-state index contributed by atoms with van der Waals surface area (Å²) in [5.41, 5.74) is 0. The van der Waals surface area contributed by atoms with Crippen molar-refractivity contribution in [2.45, 2.75) is 6.42 Å². The quantitative estimate of drug-likeness (QED) is 0.696. The van der Waals surface area contributed by atoms with Crippen LogP contribution < -0.4 is 0 Å². The fourth-order valence-electron chi connectivity index (χ4n) is 0.751. The Labute approximate surface area is 80.4 Å². The van der Waals surface area contributed by atoms with Crippen molar-refractivity contribution >= 4 is 34.5 Å². The van der Waals surface area contributed by atoms with E-state index in [1.807, 2.05) is 5.38 Å². The van der Waals surface area contributed by atoms with Gasteiger partial charge in [0.15, 0.2) is 0 Å². The number of nitrogens with zero attached hydrogens (tertiary/aromatic N) is 1. The molecule has 1 rings (SSSR count). The van der Waals surface area contributed by atoms with Gasteiger partial charge in [-0.15, -0.1) is 34.5 Å². The van der Waals surface area contributed by atoms with Gasteiger partial charge < -0.3 is 0 Å². The van der Waals surface area contributed by atoms with Crippen molar-refractivity contribution < 1.29 is 0 Å². The van der Waals surface area contributed by atoms with Crippen LogP contribution in [0.4, 0.5) is 0 Å². The first-order valence-electron chi connectivity index (χ1n) is 3.37. The highest BCUT2D eigenvalue weighted by molar-refractivity contribution is 7.09. The maximum Gasteiger partial charge on any atom is 0.0928 e. The minimum absolute atomic E-state index is 0.365. The lowest BCUT2D eigenvalue weighted by molar-refractivity contribution is 0.659. The summed E-state index contributed by atoms with van der Waals surface area (Å²) >= 11 is 13.0. The first kappa shape index (κ1) is 9.30. The third-order valence-corrected chi connectivity index (χ3v) is 3.06. The molecule has 62 valence electrons. The smallest absolute Gasteiger partial charge is 0.0928 e. The number of aromatic nitrogens is 1. The number of halogens is 2. The minimum Gasteiger partial charge on any atom is -0.250 e. The van der Waals surface area contributed by atoms with Crippen LogP contribution >= 0.6 is 34.5 Å². The molecule has 0 aliphatic rings. The Kier molecular flexibility index (Phi) is 4.20. The second kappa shape index (κ2) is 4.96. The summed E-state index contributed by atoms with van der Waals surface area (Å²) in [5, 5.41) is 3.09. The van der Waals surface area contributed by atoms with E-state index >= 15 is 0 Å². The molecular formula is C7H9Cl2NS. The van der Waals surface area contributed by atoms with Crippen LogP contribution in [0, 0.1) is 5.92 Å². The fourth-order valence-corrected chi connectivity index (χ4v) is 2.03. The number of rotatable bonds is 4. The molecule has 1 heterocycles. The zero-order valence-corrected chi connectivity index (χ0v) is 8.29. The molecule has 0 atom stereocenters. The fraction of sp³-hybridized carbons (Fsp3) is 0.571. The average molecular weight is 210 g/mol. The molecule has 0 bridgehead atoms. The lowest BCUT2D eigenvalue weighted by atomic mass is 10.1. The van der Waals surface area contributed by atoms with Crippen molar-refractivity contribution in [1.29, 1.82) is 0 Å². The Balaban J connectivity index is 2.41. The molecule has 0 saturated carbocycles. The number of hydrogen-bond donors (Lipinski definition) is 0. The SMILES string of the molecule is ClCC(CCl)Cc1nccs1. The van der Waals surface area contributed by atoms with Crippen LogP contribution in [0.25, 0.3) is 0 Å². The van der Waals surface area contributed by atoms with Crippen molar-refractivity contribution in [3.05, 3.63) is 16.6 Å². The van der Waals surface area contributed by atoms with Gasteiger partial charge in [-0.3, -0.25) is 0 Å². The molecular weight excluding hydrogens is 201 g/mol. The largest absolute Gasteiger partial charge is 0.250 e. The van der Waals surface area contributed by atoms with E-state index in [0.29, 0.717) is 17.7 Å². The molecule has 0 fully saturated rings. The van der Waals surface area contributed by atoms with Gasteiger partial charge in [0.05, 0.1) is 5.01 Å². The molecule has 0 radical (unpaired) electrons. The maximum absolute atomic E-state index is 5.68. The zero-order valence-electron chi connectivity index (χ0n) is 5.96. The zero-order chi connectivity index (χ0) is 8.10. The van der Waals surface area contributed by atoms with Crippen LogP contribution in [0.5, 0.6) is 0 Å². The minimum atomic E-state index is 0.365. The molecule has 0 spiro atoms. The molecule has 1 aromatic rings. The van der Waals surface area contributed by atoms with Crippen molar-refractivity contribution in [2.75, 3.05) is 11.8 Å². The van der Waals surface area contributed by atoms with Crippen LogP contribution in [0.3, 0.4) is 0 Å². The van der Waals surface area contributed by atoms with Crippen LogP contribution in [0.15, 0.2) is 11.6 Å². The van der Waals surface area contributed by atoms with Crippen LogP contribution in [0.2, 0.25) is 0 Å². The van der Waals surface area contributed by atoms with Gasteiger partial charge >= 0.3 is 0 Å². The van der Waals surface area contributed by atoms with Crippen molar-refractivity contribution in [1.82, 2.24) is 4.98 Å². The van der Waals surface area contributed by atoms with Crippen LogP contribution in [-0.4, -0.2) is 16.7 Å². The highest BCUT2D eigenvalue weighted by atomic mass is 35.5. The molecule has 0 aliphatic heterocycles.